The Hall–Kier alpha value is -3.67. The Bertz CT molecular complexity index is 1210. The van der Waals surface area contributed by atoms with Crippen LogP contribution in [0.15, 0.2) is 71.5 Å². The summed E-state index contributed by atoms with van der Waals surface area (Å²) in [6.45, 7) is 2.29. The van der Waals surface area contributed by atoms with Crippen molar-refractivity contribution in [3.8, 4) is 0 Å². The van der Waals surface area contributed by atoms with E-state index < -0.39 is 0 Å². The number of hydrogen-bond donors (Lipinski definition) is 2. The van der Waals surface area contributed by atoms with E-state index in [1.165, 1.54) is 4.57 Å². The van der Waals surface area contributed by atoms with Gasteiger partial charge in [0.25, 0.3) is 11.5 Å². The van der Waals surface area contributed by atoms with Crippen LogP contribution in [-0.4, -0.2) is 15.5 Å². The fourth-order valence-electron chi connectivity index (χ4n) is 3.07. The van der Waals surface area contributed by atoms with Gasteiger partial charge in [-0.05, 0) is 42.0 Å². The van der Waals surface area contributed by atoms with Crippen LogP contribution in [0.1, 0.15) is 17.3 Å². The number of hydrogen-bond acceptors (Lipinski definition) is 4. The smallest absolute Gasteiger partial charge is 0.269 e. The van der Waals surface area contributed by atoms with Crippen LogP contribution in [0.4, 0.5) is 5.95 Å². The fraction of sp³-hybridized carbons (Fsp3) is 0.0952. The van der Waals surface area contributed by atoms with Crippen molar-refractivity contribution in [2.24, 2.45) is 0 Å². The van der Waals surface area contributed by atoms with Crippen LogP contribution in [-0.2, 0) is 6.54 Å². The zero-order valence-electron chi connectivity index (χ0n) is 14.8. The lowest BCUT2D eigenvalue weighted by Crippen LogP contribution is -2.34. The Morgan fingerprint density at radius 1 is 1.00 bits per heavy atom. The maximum atomic E-state index is 12.6. The van der Waals surface area contributed by atoms with Gasteiger partial charge >= 0.3 is 0 Å². The van der Waals surface area contributed by atoms with Gasteiger partial charge in [0.15, 0.2) is 0 Å². The minimum atomic E-state index is -0.300. The molecule has 0 radical (unpaired) electrons. The maximum Gasteiger partial charge on any atom is 0.269 e. The third kappa shape index (κ3) is 3.13. The zero-order valence-corrected chi connectivity index (χ0v) is 14.8. The van der Waals surface area contributed by atoms with Gasteiger partial charge in [-0.3, -0.25) is 25.0 Å². The van der Waals surface area contributed by atoms with Gasteiger partial charge in [0.05, 0.1) is 10.9 Å². The summed E-state index contributed by atoms with van der Waals surface area (Å²) in [6.07, 6.45) is 0. The van der Waals surface area contributed by atoms with Gasteiger partial charge in [-0.15, -0.1) is 0 Å². The molecule has 0 saturated heterocycles. The molecule has 0 aliphatic carbocycles. The molecule has 0 fully saturated rings. The molecule has 0 atom stereocenters. The van der Waals surface area contributed by atoms with Crippen LogP contribution in [0, 0.1) is 0 Å². The first kappa shape index (κ1) is 16.8. The molecular weight excluding hydrogens is 340 g/mol. The average molecular weight is 358 g/mol. The Morgan fingerprint density at radius 2 is 1.74 bits per heavy atom. The molecule has 0 aliphatic rings. The van der Waals surface area contributed by atoms with Gasteiger partial charge in [0, 0.05) is 12.1 Å². The number of amides is 1. The Labute approximate surface area is 155 Å². The molecule has 4 rings (SSSR count). The third-order valence-electron chi connectivity index (χ3n) is 4.48. The molecule has 2 N–H and O–H groups in total. The molecule has 0 spiro atoms. The number of nitrogens with zero attached hydrogens (tertiary/aromatic N) is 2. The lowest BCUT2D eigenvalue weighted by Gasteiger charge is -2.14. The normalized spacial score (nSPS) is 10.9. The molecule has 1 heterocycles. The molecule has 3 aromatic carbocycles. The van der Waals surface area contributed by atoms with E-state index in [-0.39, 0.29) is 11.5 Å². The quantitative estimate of drug-likeness (QED) is 0.549. The van der Waals surface area contributed by atoms with E-state index in [1.54, 1.807) is 24.3 Å². The first-order chi connectivity index (χ1) is 13.2. The summed E-state index contributed by atoms with van der Waals surface area (Å²) < 4.78 is 1.49. The van der Waals surface area contributed by atoms with Crippen LogP contribution in [0.2, 0.25) is 0 Å². The molecule has 6 heteroatoms. The average Bonchev–Trinajstić information content (AvgIpc) is 2.71. The molecule has 1 aromatic heterocycles. The molecule has 0 aliphatic heterocycles. The molecular formula is C21H18N4O2. The van der Waals surface area contributed by atoms with Crippen molar-refractivity contribution in [1.29, 1.82) is 0 Å². The molecule has 0 unspecified atom stereocenters. The van der Waals surface area contributed by atoms with E-state index in [2.05, 4.69) is 15.8 Å². The zero-order chi connectivity index (χ0) is 18.8. The summed E-state index contributed by atoms with van der Waals surface area (Å²) in [4.78, 5) is 29.6. The molecule has 1 amide bonds. The van der Waals surface area contributed by atoms with Gasteiger partial charge in [0.1, 0.15) is 0 Å². The van der Waals surface area contributed by atoms with Crippen LogP contribution in [0.5, 0.6) is 0 Å². The first-order valence-electron chi connectivity index (χ1n) is 8.72. The fourth-order valence-corrected chi connectivity index (χ4v) is 3.07. The van der Waals surface area contributed by atoms with Crippen LogP contribution in [0.3, 0.4) is 0 Å². The summed E-state index contributed by atoms with van der Waals surface area (Å²) in [7, 11) is 0. The highest BCUT2D eigenvalue weighted by molar-refractivity contribution is 5.99. The molecule has 134 valence electrons. The second-order valence-electron chi connectivity index (χ2n) is 6.14. The van der Waals surface area contributed by atoms with Crippen molar-refractivity contribution in [2.45, 2.75) is 13.5 Å². The van der Waals surface area contributed by atoms with Crippen LogP contribution in [0.25, 0.3) is 21.7 Å². The van der Waals surface area contributed by atoms with Crippen molar-refractivity contribution in [2.75, 3.05) is 5.43 Å². The number of aromatic nitrogens is 2. The van der Waals surface area contributed by atoms with Crippen LogP contribution >= 0.6 is 0 Å². The molecule has 0 bridgehead atoms. The highest BCUT2D eigenvalue weighted by Gasteiger charge is 2.11. The number of fused-ring (bicyclic) bond motifs is 2. The lowest BCUT2D eigenvalue weighted by atomic mass is 10.1. The number of hydrazine groups is 1. The summed E-state index contributed by atoms with van der Waals surface area (Å²) in [5.41, 5.74) is 6.38. The van der Waals surface area contributed by atoms with Crippen molar-refractivity contribution < 1.29 is 4.79 Å². The van der Waals surface area contributed by atoms with Gasteiger partial charge in [-0.25, -0.2) is 4.98 Å². The minimum absolute atomic E-state index is 0.148. The maximum absolute atomic E-state index is 12.6. The van der Waals surface area contributed by atoms with E-state index in [1.807, 2.05) is 49.4 Å². The largest absolute Gasteiger partial charge is 0.277 e. The lowest BCUT2D eigenvalue weighted by molar-refractivity contribution is 0.0962. The minimum Gasteiger partial charge on any atom is -0.277 e. The highest BCUT2D eigenvalue weighted by atomic mass is 16.2. The van der Waals surface area contributed by atoms with E-state index in [4.69, 9.17) is 0 Å². The van der Waals surface area contributed by atoms with Crippen molar-refractivity contribution in [3.63, 3.8) is 0 Å². The predicted octanol–water partition coefficient (Wildman–Crippen LogP) is 3.33. The third-order valence-corrected chi connectivity index (χ3v) is 4.48. The predicted molar refractivity (Wildman–Crippen MR) is 107 cm³/mol. The van der Waals surface area contributed by atoms with Crippen molar-refractivity contribution in [1.82, 2.24) is 15.0 Å². The Kier molecular flexibility index (Phi) is 4.30. The van der Waals surface area contributed by atoms with E-state index in [0.717, 1.165) is 10.8 Å². The number of rotatable bonds is 4. The second kappa shape index (κ2) is 6.92. The van der Waals surface area contributed by atoms with Crippen molar-refractivity contribution in [3.05, 3.63) is 82.6 Å². The topological polar surface area (TPSA) is 76.0 Å². The van der Waals surface area contributed by atoms with Gasteiger partial charge in [0.2, 0.25) is 5.95 Å². The number of benzene rings is 3. The molecule has 4 aromatic rings. The highest BCUT2D eigenvalue weighted by Crippen LogP contribution is 2.16. The van der Waals surface area contributed by atoms with E-state index in [9.17, 15) is 9.59 Å². The standard InChI is InChI=1S/C21H18N4O2/c1-2-25-20(27)17-9-5-6-10-18(17)22-21(25)24-23-19(26)16-12-11-14-7-3-4-8-15(14)13-16/h3-13H,2H2,1H3,(H,22,24)(H,23,26). The number of para-hydroxylation sites is 1. The Balaban J connectivity index is 1.62. The van der Waals surface area contributed by atoms with E-state index in [0.29, 0.717) is 29.0 Å². The van der Waals surface area contributed by atoms with Gasteiger partial charge in [-0.1, -0.05) is 42.5 Å². The van der Waals surface area contributed by atoms with Gasteiger partial charge in [-0.2, -0.15) is 0 Å². The second-order valence-corrected chi connectivity index (χ2v) is 6.14. The Morgan fingerprint density at radius 3 is 2.56 bits per heavy atom. The molecule has 6 nitrogen and oxygen atoms in total. The summed E-state index contributed by atoms with van der Waals surface area (Å²) >= 11 is 0. The monoisotopic (exact) mass is 358 g/mol. The van der Waals surface area contributed by atoms with Crippen LogP contribution < -0.4 is 16.4 Å². The molecule has 27 heavy (non-hydrogen) atoms. The number of carbonyl (C=O) groups excluding carboxylic acids is 1. The number of anilines is 1. The summed E-state index contributed by atoms with van der Waals surface area (Å²) in [6, 6.07) is 20.5. The van der Waals surface area contributed by atoms with Crippen molar-refractivity contribution >= 4 is 33.5 Å². The summed E-state index contributed by atoms with van der Waals surface area (Å²) in [5, 5.41) is 2.60. The first-order valence-corrected chi connectivity index (χ1v) is 8.72. The summed E-state index contributed by atoms with van der Waals surface area (Å²) in [5.74, 6) is 0.00107. The number of carbonyl (C=O) groups is 1. The SMILES string of the molecule is CCn1c(NNC(=O)c2ccc3ccccc3c2)nc2ccccc2c1=O. The van der Waals surface area contributed by atoms with Gasteiger partial charge < -0.3 is 0 Å². The van der Waals surface area contributed by atoms with E-state index >= 15 is 0 Å². The number of nitrogens with one attached hydrogen (secondary N) is 2. The molecule has 0 saturated carbocycles.